The molecule has 0 saturated carbocycles. The van der Waals surface area contributed by atoms with Crippen LogP contribution in [-0.4, -0.2) is 11.7 Å². The van der Waals surface area contributed by atoms with E-state index in [1.165, 1.54) is 12.1 Å². The van der Waals surface area contributed by atoms with Crippen LogP contribution in [0.4, 0.5) is 10.1 Å². The molecule has 2 aliphatic rings. The summed E-state index contributed by atoms with van der Waals surface area (Å²) in [5.74, 6) is -1.08. The second kappa shape index (κ2) is 7.51. The molecule has 4 rings (SSSR count). The number of amides is 1. The van der Waals surface area contributed by atoms with Gasteiger partial charge in [0, 0.05) is 39.5 Å². The van der Waals surface area contributed by atoms with Crippen molar-refractivity contribution in [2.45, 2.75) is 46.5 Å². The molecule has 2 N–H and O–H groups in total. The van der Waals surface area contributed by atoms with Gasteiger partial charge in [-0.3, -0.25) is 9.59 Å². The van der Waals surface area contributed by atoms with E-state index < -0.39 is 11.7 Å². The molecule has 1 aliphatic carbocycles. The van der Waals surface area contributed by atoms with Gasteiger partial charge < -0.3 is 10.6 Å². The van der Waals surface area contributed by atoms with Crippen LogP contribution in [0.15, 0.2) is 58.3 Å². The molecule has 1 atom stereocenters. The highest BCUT2D eigenvalue weighted by molar-refractivity contribution is 7.10. The van der Waals surface area contributed by atoms with Gasteiger partial charge in [0.2, 0.25) is 0 Å². The molecule has 2 aromatic rings. The van der Waals surface area contributed by atoms with Crippen LogP contribution in [0.3, 0.4) is 0 Å². The minimum atomic E-state index is -0.418. The van der Waals surface area contributed by atoms with Gasteiger partial charge in [-0.1, -0.05) is 19.9 Å². The van der Waals surface area contributed by atoms with E-state index in [0.717, 1.165) is 28.3 Å². The quantitative estimate of drug-likeness (QED) is 0.690. The van der Waals surface area contributed by atoms with Crippen molar-refractivity contribution >= 4 is 28.7 Å². The minimum absolute atomic E-state index is 0.0788. The van der Waals surface area contributed by atoms with E-state index in [1.54, 1.807) is 23.5 Å². The summed E-state index contributed by atoms with van der Waals surface area (Å²) in [6.07, 6.45) is 1.21. The van der Waals surface area contributed by atoms with Crippen LogP contribution < -0.4 is 10.6 Å². The van der Waals surface area contributed by atoms with Crippen LogP contribution in [0, 0.1) is 18.2 Å². The van der Waals surface area contributed by atoms with Crippen LogP contribution in [0.25, 0.3) is 0 Å². The standard InChI is InChI=1S/C24H25FN2O2S/c1-13-8-9-30-22(13)21-19(23(29)27-16-7-5-6-15(25)10-16)14(2)26-17-11-24(3,4)12-18(28)20(17)21/h5-10,21,26H,11-12H2,1-4H3,(H,27,29). The number of rotatable bonds is 3. The molecule has 6 heteroatoms. The van der Waals surface area contributed by atoms with Crippen LogP contribution >= 0.6 is 11.3 Å². The molecule has 4 nitrogen and oxygen atoms in total. The Bertz CT molecular complexity index is 1110. The number of anilines is 1. The lowest BCUT2D eigenvalue weighted by Crippen LogP contribution is -2.39. The second-order valence-electron chi connectivity index (χ2n) is 8.86. The fourth-order valence-electron chi connectivity index (χ4n) is 4.44. The second-order valence-corrected chi connectivity index (χ2v) is 9.81. The van der Waals surface area contributed by atoms with Gasteiger partial charge >= 0.3 is 0 Å². The monoisotopic (exact) mass is 424 g/mol. The minimum Gasteiger partial charge on any atom is -0.362 e. The van der Waals surface area contributed by atoms with Gasteiger partial charge in [0.25, 0.3) is 5.91 Å². The lowest BCUT2D eigenvalue weighted by atomic mass is 9.69. The van der Waals surface area contributed by atoms with Crippen LogP contribution in [0.1, 0.15) is 50.0 Å². The van der Waals surface area contributed by atoms with Crippen molar-refractivity contribution in [3.8, 4) is 0 Å². The van der Waals surface area contributed by atoms with Gasteiger partial charge in [0.15, 0.2) is 5.78 Å². The Morgan fingerprint density at radius 1 is 1.23 bits per heavy atom. The highest BCUT2D eigenvalue weighted by atomic mass is 32.1. The van der Waals surface area contributed by atoms with E-state index in [9.17, 15) is 14.0 Å². The number of carbonyl (C=O) groups is 2. The lowest BCUT2D eigenvalue weighted by Gasteiger charge is -2.39. The molecule has 1 aromatic heterocycles. The highest BCUT2D eigenvalue weighted by Crippen LogP contribution is 2.48. The van der Waals surface area contributed by atoms with Crippen molar-refractivity contribution in [3.05, 3.63) is 74.5 Å². The summed E-state index contributed by atoms with van der Waals surface area (Å²) in [6.45, 7) is 8.05. The first-order valence-electron chi connectivity index (χ1n) is 10.0. The number of Topliss-reactive ketones (excluding diaryl/α,β-unsaturated/α-hetero) is 1. The summed E-state index contributed by atoms with van der Waals surface area (Å²) in [5.41, 5.74) is 4.16. The smallest absolute Gasteiger partial charge is 0.254 e. The average Bonchev–Trinajstić information content (AvgIpc) is 3.05. The first kappa shape index (κ1) is 20.5. The number of benzene rings is 1. The SMILES string of the molecule is CC1=C(C(=O)Nc2cccc(F)c2)C(c2sccc2C)C2=C(CC(C)(C)CC2=O)N1. The van der Waals surface area contributed by atoms with Crippen molar-refractivity contribution in [1.82, 2.24) is 5.32 Å². The zero-order valence-corrected chi connectivity index (χ0v) is 18.4. The molecule has 0 radical (unpaired) electrons. The Kier molecular flexibility index (Phi) is 5.14. The summed E-state index contributed by atoms with van der Waals surface area (Å²) >= 11 is 1.56. The summed E-state index contributed by atoms with van der Waals surface area (Å²) in [6, 6.07) is 7.84. The van der Waals surface area contributed by atoms with E-state index in [2.05, 4.69) is 24.5 Å². The largest absolute Gasteiger partial charge is 0.362 e. The molecule has 156 valence electrons. The molecule has 0 fully saturated rings. The fraction of sp³-hybridized carbons (Fsp3) is 0.333. The van der Waals surface area contributed by atoms with E-state index in [-0.39, 0.29) is 17.1 Å². The Morgan fingerprint density at radius 3 is 2.67 bits per heavy atom. The van der Waals surface area contributed by atoms with E-state index >= 15 is 0 Å². The maximum absolute atomic E-state index is 13.6. The molecular formula is C24H25FN2O2S. The molecule has 2 heterocycles. The average molecular weight is 425 g/mol. The van der Waals surface area contributed by atoms with Crippen molar-refractivity contribution in [2.24, 2.45) is 5.41 Å². The maximum atomic E-state index is 13.6. The number of hydrogen-bond donors (Lipinski definition) is 2. The van der Waals surface area contributed by atoms with Crippen LogP contribution in [-0.2, 0) is 9.59 Å². The van der Waals surface area contributed by atoms with Gasteiger partial charge in [-0.2, -0.15) is 0 Å². The number of hydrogen-bond acceptors (Lipinski definition) is 4. The fourth-order valence-corrected chi connectivity index (χ4v) is 5.49. The number of dihydropyridines is 1. The molecule has 0 saturated heterocycles. The number of carbonyl (C=O) groups excluding carboxylic acids is 2. The third-order valence-electron chi connectivity index (χ3n) is 5.73. The van der Waals surface area contributed by atoms with E-state index in [4.69, 9.17) is 0 Å². The van der Waals surface area contributed by atoms with Crippen LogP contribution in [0.5, 0.6) is 0 Å². The van der Waals surface area contributed by atoms with Crippen molar-refractivity contribution in [1.29, 1.82) is 0 Å². The molecule has 1 unspecified atom stereocenters. The van der Waals surface area contributed by atoms with Crippen molar-refractivity contribution in [2.75, 3.05) is 5.32 Å². The third kappa shape index (κ3) is 3.72. The molecule has 1 aliphatic heterocycles. The van der Waals surface area contributed by atoms with Crippen LogP contribution in [0.2, 0.25) is 0 Å². The number of ketones is 1. The first-order valence-corrected chi connectivity index (χ1v) is 10.9. The summed E-state index contributed by atoms with van der Waals surface area (Å²) in [5, 5.41) is 8.15. The molecule has 0 bridgehead atoms. The van der Waals surface area contributed by atoms with E-state index in [0.29, 0.717) is 23.3 Å². The van der Waals surface area contributed by atoms with Gasteiger partial charge in [0.1, 0.15) is 5.82 Å². The number of nitrogens with one attached hydrogen (secondary N) is 2. The normalized spacial score (nSPS) is 20.7. The number of halogens is 1. The predicted molar refractivity (Wildman–Crippen MR) is 118 cm³/mol. The Hall–Kier alpha value is -2.73. The predicted octanol–water partition coefficient (Wildman–Crippen LogP) is 5.44. The number of allylic oxidation sites excluding steroid dienone is 3. The summed E-state index contributed by atoms with van der Waals surface area (Å²) < 4.78 is 13.6. The molecule has 1 amide bonds. The Morgan fingerprint density at radius 2 is 2.00 bits per heavy atom. The molecular weight excluding hydrogens is 399 g/mol. The zero-order chi connectivity index (χ0) is 21.6. The Balaban J connectivity index is 1.80. The topological polar surface area (TPSA) is 58.2 Å². The lowest BCUT2D eigenvalue weighted by molar-refractivity contribution is -0.118. The third-order valence-corrected chi connectivity index (χ3v) is 6.81. The van der Waals surface area contributed by atoms with Gasteiger partial charge in [0.05, 0.1) is 5.92 Å². The van der Waals surface area contributed by atoms with Gasteiger partial charge in [-0.05, 0) is 60.9 Å². The number of aryl methyl sites for hydroxylation is 1. The number of thiophene rings is 1. The van der Waals surface area contributed by atoms with Crippen molar-refractivity contribution in [3.63, 3.8) is 0 Å². The van der Waals surface area contributed by atoms with E-state index in [1.807, 2.05) is 25.3 Å². The molecule has 1 aromatic carbocycles. The first-order chi connectivity index (χ1) is 14.2. The van der Waals surface area contributed by atoms with Crippen molar-refractivity contribution < 1.29 is 14.0 Å². The summed E-state index contributed by atoms with van der Waals surface area (Å²) in [4.78, 5) is 27.6. The Labute approximate surface area is 179 Å². The maximum Gasteiger partial charge on any atom is 0.254 e. The molecule has 0 spiro atoms. The zero-order valence-electron chi connectivity index (χ0n) is 17.6. The molecule has 30 heavy (non-hydrogen) atoms. The highest BCUT2D eigenvalue weighted by Gasteiger charge is 2.43. The van der Waals surface area contributed by atoms with Gasteiger partial charge in [-0.25, -0.2) is 4.39 Å². The van der Waals surface area contributed by atoms with Gasteiger partial charge in [-0.15, -0.1) is 11.3 Å². The summed E-state index contributed by atoms with van der Waals surface area (Å²) in [7, 11) is 0.